The van der Waals surface area contributed by atoms with Gasteiger partial charge in [-0.3, -0.25) is 4.79 Å². The summed E-state index contributed by atoms with van der Waals surface area (Å²) < 4.78 is 24.0. The van der Waals surface area contributed by atoms with Gasteiger partial charge in [0.05, 0.1) is 4.83 Å². The number of halogens is 1. The molecule has 112 valence electrons. The summed E-state index contributed by atoms with van der Waals surface area (Å²) in [7, 11) is -3.65. The molecular formula is C11H22BrN3O3S. The molecule has 0 spiro atoms. The van der Waals surface area contributed by atoms with Crippen molar-refractivity contribution < 1.29 is 13.2 Å². The van der Waals surface area contributed by atoms with E-state index in [9.17, 15) is 13.2 Å². The maximum atomic E-state index is 12.2. The van der Waals surface area contributed by atoms with E-state index in [2.05, 4.69) is 20.7 Å². The highest BCUT2D eigenvalue weighted by Gasteiger charge is 2.29. The highest BCUT2D eigenvalue weighted by molar-refractivity contribution is 9.10. The Hall–Kier alpha value is -0.180. The molecule has 2 unspecified atom stereocenters. The van der Waals surface area contributed by atoms with Gasteiger partial charge in [-0.05, 0) is 24.7 Å². The smallest absolute Gasteiger partial charge is 0.274 e. The minimum absolute atomic E-state index is 0.0790. The SMILES string of the molecule is CC(C)C(Br)C(=O)N1CCCC(CNS(N)(=O)=O)C1. The lowest BCUT2D eigenvalue weighted by molar-refractivity contribution is -0.132. The lowest BCUT2D eigenvalue weighted by Gasteiger charge is -2.34. The molecular weight excluding hydrogens is 334 g/mol. The molecule has 0 aromatic rings. The molecule has 1 fully saturated rings. The summed E-state index contributed by atoms with van der Waals surface area (Å²) in [6.45, 7) is 5.58. The zero-order chi connectivity index (χ0) is 14.6. The number of hydrogen-bond acceptors (Lipinski definition) is 3. The Morgan fingerprint density at radius 2 is 2.16 bits per heavy atom. The van der Waals surface area contributed by atoms with Crippen molar-refractivity contribution in [1.82, 2.24) is 9.62 Å². The number of piperidine rings is 1. The molecule has 6 nitrogen and oxygen atoms in total. The molecule has 2 atom stereocenters. The van der Waals surface area contributed by atoms with Crippen LogP contribution in [0, 0.1) is 11.8 Å². The fourth-order valence-corrected chi connectivity index (χ4v) is 2.88. The second kappa shape index (κ2) is 7.01. The molecule has 0 bridgehead atoms. The van der Waals surface area contributed by atoms with Crippen LogP contribution in [0.25, 0.3) is 0 Å². The van der Waals surface area contributed by atoms with Crippen molar-refractivity contribution in [2.45, 2.75) is 31.5 Å². The average Bonchev–Trinajstić information content (AvgIpc) is 2.34. The van der Waals surface area contributed by atoms with Gasteiger partial charge in [0, 0.05) is 19.6 Å². The highest BCUT2D eigenvalue weighted by Crippen LogP contribution is 2.21. The van der Waals surface area contributed by atoms with Crippen molar-refractivity contribution in [3.8, 4) is 0 Å². The van der Waals surface area contributed by atoms with Crippen LogP contribution in [0.3, 0.4) is 0 Å². The number of nitrogens with two attached hydrogens (primary N) is 1. The Kier molecular flexibility index (Phi) is 6.22. The third-order valence-corrected chi connectivity index (χ3v) is 5.24. The topological polar surface area (TPSA) is 92.5 Å². The number of carbonyl (C=O) groups excluding carboxylic acids is 1. The lowest BCUT2D eigenvalue weighted by atomic mass is 9.97. The number of alkyl halides is 1. The van der Waals surface area contributed by atoms with Crippen molar-refractivity contribution in [2.75, 3.05) is 19.6 Å². The standard InChI is InChI=1S/C11H22BrN3O3S/c1-8(2)10(12)11(16)15-5-3-4-9(7-15)6-14-19(13,17)18/h8-10,14H,3-7H2,1-2H3,(H2,13,17,18). The molecule has 1 heterocycles. The van der Waals surface area contributed by atoms with Gasteiger partial charge < -0.3 is 4.90 Å². The highest BCUT2D eigenvalue weighted by atomic mass is 79.9. The molecule has 1 amide bonds. The van der Waals surface area contributed by atoms with Crippen molar-refractivity contribution in [3.63, 3.8) is 0 Å². The van der Waals surface area contributed by atoms with Gasteiger partial charge in [0.25, 0.3) is 10.2 Å². The normalized spacial score (nSPS) is 22.6. The minimum atomic E-state index is -3.65. The van der Waals surface area contributed by atoms with E-state index in [0.29, 0.717) is 6.54 Å². The third kappa shape index (κ3) is 5.76. The van der Waals surface area contributed by atoms with Gasteiger partial charge in [-0.25, -0.2) is 9.86 Å². The molecule has 1 aliphatic rings. The summed E-state index contributed by atoms with van der Waals surface area (Å²) in [6, 6.07) is 0. The summed E-state index contributed by atoms with van der Waals surface area (Å²) in [6.07, 6.45) is 1.79. The van der Waals surface area contributed by atoms with E-state index in [1.807, 2.05) is 13.8 Å². The maximum absolute atomic E-state index is 12.2. The Morgan fingerprint density at radius 1 is 1.53 bits per heavy atom. The van der Waals surface area contributed by atoms with Crippen molar-refractivity contribution in [1.29, 1.82) is 0 Å². The van der Waals surface area contributed by atoms with Crippen LogP contribution in [0.4, 0.5) is 0 Å². The van der Waals surface area contributed by atoms with E-state index >= 15 is 0 Å². The number of amides is 1. The first-order valence-electron chi connectivity index (χ1n) is 6.41. The van der Waals surface area contributed by atoms with Crippen LogP contribution in [0.1, 0.15) is 26.7 Å². The first-order chi connectivity index (χ1) is 8.70. The molecule has 3 N–H and O–H groups in total. The first kappa shape index (κ1) is 16.9. The summed E-state index contributed by atoms with van der Waals surface area (Å²) in [5, 5.41) is 4.91. The number of carbonyl (C=O) groups is 1. The number of nitrogens with one attached hydrogen (secondary N) is 1. The number of hydrogen-bond donors (Lipinski definition) is 2. The lowest BCUT2D eigenvalue weighted by Crippen LogP contribution is -2.47. The first-order valence-corrected chi connectivity index (χ1v) is 8.87. The summed E-state index contributed by atoms with van der Waals surface area (Å²) in [4.78, 5) is 13.8. The van der Waals surface area contributed by atoms with E-state index in [0.717, 1.165) is 19.4 Å². The minimum Gasteiger partial charge on any atom is -0.341 e. The zero-order valence-corrected chi connectivity index (χ0v) is 13.7. The summed E-state index contributed by atoms with van der Waals surface area (Å²) in [5.74, 6) is 0.439. The molecule has 0 saturated carbocycles. The van der Waals surface area contributed by atoms with E-state index < -0.39 is 10.2 Å². The molecule has 0 aromatic carbocycles. The van der Waals surface area contributed by atoms with Crippen LogP contribution in [0.2, 0.25) is 0 Å². The molecule has 0 aromatic heterocycles. The van der Waals surface area contributed by atoms with Crippen molar-refractivity contribution in [2.24, 2.45) is 17.0 Å². The van der Waals surface area contributed by atoms with Gasteiger partial charge in [0.15, 0.2) is 0 Å². The van der Waals surface area contributed by atoms with E-state index in [-0.39, 0.29) is 29.1 Å². The van der Waals surface area contributed by atoms with Crippen LogP contribution < -0.4 is 9.86 Å². The fourth-order valence-electron chi connectivity index (χ4n) is 2.13. The Balaban J connectivity index is 2.52. The van der Waals surface area contributed by atoms with Crippen molar-refractivity contribution in [3.05, 3.63) is 0 Å². The average molecular weight is 356 g/mol. The quantitative estimate of drug-likeness (QED) is 0.700. The van der Waals surface area contributed by atoms with Crippen LogP contribution in [-0.4, -0.2) is 43.7 Å². The maximum Gasteiger partial charge on any atom is 0.274 e. The molecule has 19 heavy (non-hydrogen) atoms. The van der Waals surface area contributed by atoms with Crippen LogP contribution in [0.5, 0.6) is 0 Å². The number of nitrogens with zero attached hydrogens (tertiary/aromatic N) is 1. The van der Waals surface area contributed by atoms with Gasteiger partial charge in [-0.1, -0.05) is 29.8 Å². The third-order valence-electron chi connectivity index (χ3n) is 3.23. The Bertz CT molecular complexity index is 413. The van der Waals surface area contributed by atoms with Crippen LogP contribution >= 0.6 is 15.9 Å². The van der Waals surface area contributed by atoms with Gasteiger partial charge in [-0.15, -0.1) is 0 Å². The second-order valence-corrected chi connectivity index (χ2v) is 7.70. The van der Waals surface area contributed by atoms with Gasteiger partial charge in [0.2, 0.25) is 5.91 Å². The largest absolute Gasteiger partial charge is 0.341 e. The molecule has 8 heteroatoms. The molecule has 0 radical (unpaired) electrons. The summed E-state index contributed by atoms with van der Waals surface area (Å²) >= 11 is 3.41. The Morgan fingerprint density at radius 3 is 2.68 bits per heavy atom. The van der Waals surface area contributed by atoms with Gasteiger partial charge >= 0.3 is 0 Å². The fraction of sp³-hybridized carbons (Fsp3) is 0.909. The molecule has 1 aliphatic heterocycles. The predicted molar refractivity (Wildman–Crippen MR) is 78.0 cm³/mol. The van der Waals surface area contributed by atoms with Gasteiger partial charge in [0.1, 0.15) is 0 Å². The predicted octanol–water partition coefficient (Wildman–Crippen LogP) is 0.438. The Labute approximate surface area is 123 Å². The van der Waals surface area contributed by atoms with Gasteiger partial charge in [-0.2, -0.15) is 8.42 Å². The van der Waals surface area contributed by atoms with E-state index in [4.69, 9.17) is 5.14 Å². The van der Waals surface area contributed by atoms with E-state index in [1.165, 1.54) is 0 Å². The summed E-state index contributed by atoms with van der Waals surface area (Å²) in [5.41, 5.74) is 0. The number of rotatable bonds is 5. The second-order valence-electron chi connectivity index (χ2n) is 5.33. The molecule has 1 saturated heterocycles. The monoisotopic (exact) mass is 355 g/mol. The number of likely N-dealkylation sites (tertiary alicyclic amines) is 1. The molecule has 1 rings (SSSR count). The van der Waals surface area contributed by atoms with Crippen LogP contribution in [-0.2, 0) is 15.0 Å². The molecule has 0 aliphatic carbocycles. The van der Waals surface area contributed by atoms with Crippen molar-refractivity contribution >= 4 is 32.0 Å². The zero-order valence-electron chi connectivity index (χ0n) is 11.3. The van der Waals surface area contributed by atoms with Crippen LogP contribution in [0.15, 0.2) is 0 Å². The van der Waals surface area contributed by atoms with E-state index in [1.54, 1.807) is 4.90 Å².